The number of anilines is 1. The average Bonchev–Trinajstić information content (AvgIpc) is 2.78. The van der Waals surface area contributed by atoms with Crippen LogP contribution in [0.1, 0.15) is 22.8 Å². The van der Waals surface area contributed by atoms with Gasteiger partial charge in [0.2, 0.25) is 0 Å². The number of nitrogens with one attached hydrogen (secondary N) is 2. The summed E-state index contributed by atoms with van der Waals surface area (Å²) in [6.07, 6.45) is 0. The van der Waals surface area contributed by atoms with Crippen LogP contribution in [0.3, 0.4) is 0 Å². The molecule has 158 valence electrons. The van der Waals surface area contributed by atoms with Gasteiger partial charge in [-0.3, -0.25) is 9.59 Å². The van der Waals surface area contributed by atoms with E-state index in [1.54, 1.807) is 67.6 Å². The summed E-state index contributed by atoms with van der Waals surface area (Å²) in [5, 5.41) is 7.71. The first-order valence-corrected chi connectivity index (χ1v) is 10.1. The van der Waals surface area contributed by atoms with Crippen LogP contribution in [0.4, 0.5) is 5.69 Å². The van der Waals surface area contributed by atoms with E-state index in [0.717, 1.165) is 5.56 Å². The van der Waals surface area contributed by atoms with Crippen molar-refractivity contribution in [3.63, 3.8) is 0 Å². The molecule has 0 heterocycles. The number of carbonyl (C=O) groups excluding carboxylic acids is 2. The molecule has 0 aliphatic heterocycles. The third-order valence-corrected chi connectivity index (χ3v) is 4.73. The van der Waals surface area contributed by atoms with Crippen molar-refractivity contribution in [1.29, 1.82) is 0 Å². The van der Waals surface area contributed by atoms with Crippen molar-refractivity contribution >= 4 is 46.4 Å². The summed E-state index contributed by atoms with van der Waals surface area (Å²) in [6, 6.07) is 20.8. The molecule has 0 radical (unpaired) electrons. The minimum absolute atomic E-state index is 0.188. The first kappa shape index (κ1) is 22.3. The third kappa shape index (κ3) is 6.57. The van der Waals surface area contributed by atoms with E-state index in [0.29, 0.717) is 32.8 Å². The average molecular weight is 456 g/mol. The zero-order valence-corrected chi connectivity index (χ0v) is 18.1. The Morgan fingerprint density at radius 2 is 1.65 bits per heavy atom. The quantitative estimate of drug-likeness (QED) is 0.381. The first-order valence-electron chi connectivity index (χ1n) is 9.30. The number of amides is 2. The molecule has 0 unspecified atom stereocenters. The van der Waals surface area contributed by atoms with Gasteiger partial charge in [-0.2, -0.15) is 5.10 Å². The van der Waals surface area contributed by atoms with Gasteiger partial charge in [0.1, 0.15) is 5.75 Å². The van der Waals surface area contributed by atoms with Crippen molar-refractivity contribution in [2.24, 2.45) is 5.10 Å². The second-order valence-corrected chi connectivity index (χ2v) is 7.34. The molecule has 2 amide bonds. The molecule has 0 saturated heterocycles. The Bertz CT molecular complexity index is 1100. The number of ether oxygens (including phenoxy) is 1. The van der Waals surface area contributed by atoms with Gasteiger partial charge in [0.25, 0.3) is 11.8 Å². The van der Waals surface area contributed by atoms with E-state index in [-0.39, 0.29) is 12.5 Å². The fraction of sp³-hybridized carbons (Fsp3) is 0.0870. The van der Waals surface area contributed by atoms with Crippen LogP contribution in [-0.4, -0.2) is 24.1 Å². The Kier molecular flexibility index (Phi) is 7.65. The van der Waals surface area contributed by atoms with Crippen molar-refractivity contribution in [2.45, 2.75) is 6.92 Å². The highest BCUT2D eigenvalue weighted by atomic mass is 35.5. The van der Waals surface area contributed by atoms with E-state index in [2.05, 4.69) is 15.8 Å². The van der Waals surface area contributed by atoms with Gasteiger partial charge in [-0.1, -0.05) is 53.5 Å². The van der Waals surface area contributed by atoms with Gasteiger partial charge in [-0.15, -0.1) is 0 Å². The number of hydrazone groups is 1. The SMILES string of the molecule is C/C(=N/NC(=O)COc1ccc(Cl)cc1Cl)c1ccc(NC(=O)c2ccccc2)cc1. The summed E-state index contributed by atoms with van der Waals surface area (Å²) in [5.41, 5.74) is 5.06. The number of hydrogen-bond acceptors (Lipinski definition) is 4. The minimum atomic E-state index is -0.433. The molecule has 0 aliphatic carbocycles. The van der Waals surface area contributed by atoms with Crippen LogP contribution < -0.4 is 15.5 Å². The lowest BCUT2D eigenvalue weighted by Crippen LogP contribution is -2.25. The van der Waals surface area contributed by atoms with Crippen molar-refractivity contribution in [2.75, 3.05) is 11.9 Å². The zero-order chi connectivity index (χ0) is 22.2. The number of rotatable bonds is 7. The highest BCUT2D eigenvalue weighted by Gasteiger charge is 2.08. The van der Waals surface area contributed by atoms with Gasteiger partial charge in [0.05, 0.1) is 10.7 Å². The Balaban J connectivity index is 1.52. The molecule has 6 nitrogen and oxygen atoms in total. The molecule has 0 bridgehead atoms. The zero-order valence-electron chi connectivity index (χ0n) is 16.6. The van der Waals surface area contributed by atoms with E-state index < -0.39 is 5.91 Å². The standard InChI is InChI=1S/C23H19Cl2N3O3/c1-15(27-28-22(29)14-31-21-12-9-18(24)13-20(21)25)16-7-10-19(11-8-16)26-23(30)17-5-3-2-4-6-17/h2-13H,14H2,1H3,(H,26,30)(H,28,29)/b27-15-. The Morgan fingerprint density at radius 1 is 0.935 bits per heavy atom. The fourth-order valence-corrected chi connectivity index (χ4v) is 3.03. The highest BCUT2D eigenvalue weighted by Crippen LogP contribution is 2.27. The lowest BCUT2D eigenvalue weighted by molar-refractivity contribution is -0.123. The normalized spacial score (nSPS) is 11.0. The number of hydrogen-bond donors (Lipinski definition) is 2. The molecule has 3 rings (SSSR count). The number of halogens is 2. The molecular weight excluding hydrogens is 437 g/mol. The maximum absolute atomic E-state index is 12.2. The van der Waals surface area contributed by atoms with Crippen LogP contribution in [0.25, 0.3) is 0 Å². The maximum Gasteiger partial charge on any atom is 0.277 e. The van der Waals surface area contributed by atoms with Crippen molar-refractivity contribution < 1.29 is 14.3 Å². The van der Waals surface area contributed by atoms with E-state index in [9.17, 15) is 9.59 Å². The van der Waals surface area contributed by atoms with Crippen LogP contribution in [0.5, 0.6) is 5.75 Å². The van der Waals surface area contributed by atoms with E-state index in [1.807, 2.05) is 6.07 Å². The van der Waals surface area contributed by atoms with Crippen LogP contribution in [-0.2, 0) is 4.79 Å². The molecule has 31 heavy (non-hydrogen) atoms. The summed E-state index contributed by atoms with van der Waals surface area (Å²) in [5.74, 6) is -0.265. The predicted molar refractivity (Wildman–Crippen MR) is 123 cm³/mol. The van der Waals surface area contributed by atoms with Gasteiger partial charge in [0, 0.05) is 16.3 Å². The Hall–Kier alpha value is -3.35. The lowest BCUT2D eigenvalue weighted by atomic mass is 10.1. The van der Waals surface area contributed by atoms with Crippen molar-refractivity contribution in [1.82, 2.24) is 5.43 Å². The smallest absolute Gasteiger partial charge is 0.277 e. The molecule has 3 aromatic rings. The molecule has 0 spiro atoms. The van der Waals surface area contributed by atoms with E-state index in [4.69, 9.17) is 27.9 Å². The molecule has 0 aromatic heterocycles. The molecule has 0 saturated carbocycles. The first-order chi connectivity index (χ1) is 14.9. The maximum atomic E-state index is 12.2. The highest BCUT2D eigenvalue weighted by molar-refractivity contribution is 6.35. The molecule has 8 heteroatoms. The van der Waals surface area contributed by atoms with E-state index >= 15 is 0 Å². The Morgan fingerprint density at radius 3 is 2.32 bits per heavy atom. The molecule has 0 aliphatic rings. The summed E-state index contributed by atoms with van der Waals surface area (Å²) in [4.78, 5) is 24.2. The number of benzene rings is 3. The largest absolute Gasteiger partial charge is 0.482 e. The van der Waals surface area contributed by atoms with Crippen LogP contribution in [0.2, 0.25) is 10.0 Å². The van der Waals surface area contributed by atoms with Crippen LogP contribution >= 0.6 is 23.2 Å². The lowest BCUT2D eigenvalue weighted by Gasteiger charge is -2.08. The summed E-state index contributed by atoms with van der Waals surface area (Å²) >= 11 is 11.8. The van der Waals surface area contributed by atoms with Crippen LogP contribution in [0, 0.1) is 0 Å². The molecule has 2 N–H and O–H groups in total. The molecule has 0 atom stereocenters. The fourth-order valence-electron chi connectivity index (χ4n) is 2.57. The number of carbonyl (C=O) groups is 2. The van der Waals surface area contributed by atoms with Gasteiger partial charge in [-0.25, -0.2) is 5.43 Å². The Labute approximate surface area is 189 Å². The van der Waals surface area contributed by atoms with Gasteiger partial charge in [0.15, 0.2) is 6.61 Å². The van der Waals surface area contributed by atoms with E-state index in [1.165, 1.54) is 6.07 Å². The third-order valence-electron chi connectivity index (χ3n) is 4.20. The van der Waals surface area contributed by atoms with Crippen LogP contribution in [0.15, 0.2) is 77.9 Å². The molecule has 3 aromatic carbocycles. The second-order valence-electron chi connectivity index (χ2n) is 6.49. The van der Waals surface area contributed by atoms with Crippen molar-refractivity contribution in [3.8, 4) is 5.75 Å². The van der Waals surface area contributed by atoms with Crippen molar-refractivity contribution in [3.05, 3.63) is 94.0 Å². The summed E-state index contributed by atoms with van der Waals surface area (Å²) in [6.45, 7) is 1.51. The predicted octanol–water partition coefficient (Wildman–Crippen LogP) is 5.16. The molecular formula is C23H19Cl2N3O3. The van der Waals surface area contributed by atoms with Gasteiger partial charge >= 0.3 is 0 Å². The second kappa shape index (κ2) is 10.6. The molecule has 0 fully saturated rings. The summed E-state index contributed by atoms with van der Waals surface area (Å²) in [7, 11) is 0. The monoisotopic (exact) mass is 455 g/mol. The summed E-state index contributed by atoms with van der Waals surface area (Å²) < 4.78 is 5.37. The number of nitrogens with zero attached hydrogens (tertiary/aromatic N) is 1. The van der Waals surface area contributed by atoms with Gasteiger partial charge in [-0.05, 0) is 55.0 Å². The minimum Gasteiger partial charge on any atom is -0.482 e. The van der Waals surface area contributed by atoms with Gasteiger partial charge < -0.3 is 10.1 Å². The topological polar surface area (TPSA) is 79.8 Å².